The van der Waals surface area contributed by atoms with Gasteiger partial charge in [-0.2, -0.15) is 5.21 Å². The van der Waals surface area contributed by atoms with E-state index in [1.54, 1.807) is 6.07 Å². The lowest BCUT2D eigenvalue weighted by Crippen LogP contribution is -2.24. The van der Waals surface area contributed by atoms with Crippen LogP contribution >= 0.6 is 11.6 Å². The molecular weight excluding hydrogens is 338 g/mol. The van der Waals surface area contributed by atoms with Crippen molar-refractivity contribution in [1.29, 1.82) is 0 Å². The molecule has 1 amide bonds. The van der Waals surface area contributed by atoms with Crippen LogP contribution in [-0.2, 0) is 6.54 Å². The van der Waals surface area contributed by atoms with Gasteiger partial charge in [-0.15, -0.1) is 10.2 Å². The van der Waals surface area contributed by atoms with Gasteiger partial charge >= 0.3 is 0 Å². The fourth-order valence-corrected chi connectivity index (χ4v) is 2.54. The first-order valence-corrected chi connectivity index (χ1v) is 8.19. The molecule has 0 bridgehead atoms. The maximum Gasteiger partial charge on any atom is 0.275 e. The number of rotatable bonds is 5. The van der Waals surface area contributed by atoms with Gasteiger partial charge in [-0.1, -0.05) is 35.9 Å². The van der Waals surface area contributed by atoms with Crippen molar-refractivity contribution >= 4 is 29.0 Å². The topological polar surface area (TPSA) is 82.7 Å². The molecule has 0 aliphatic rings. The van der Waals surface area contributed by atoms with Crippen LogP contribution in [0.4, 0.5) is 11.5 Å². The number of hydrogen-bond donors (Lipinski definition) is 3. The molecule has 128 valence electrons. The number of halogens is 1. The molecular formula is C18H18ClN5O. The van der Waals surface area contributed by atoms with Gasteiger partial charge in [0.05, 0.1) is 0 Å². The standard InChI is InChI=1S/C18H18ClN5O/c1-11-7-8-14(9-12(11)2)21-17-16(22-24-23-17)18(25)20-10-13-5-3-4-6-15(13)19/h3-9H,10H2,1-2H3,(H,20,25)(H2,21,22,23,24). The Morgan fingerprint density at radius 1 is 1.12 bits per heavy atom. The average Bonchev–Trinajstić information content (AvgIpc) is 3.05. The Bertz CT molecular complexity index is 906. The lowest BCUT2D eigenvalue weighted by Gasteiger charge is -2.08. The molecule has 0 spiro atoms. The highest BCUT2D eigenvalue weighted by molar-refractivity contribution is 6.31. The Labute approximate surface area is 150 Å². The molecule has 3 N–H and O–H groups in total. The average molecular weight is 356 g/mol. The van der Waals surface area contributed by atoms with Crippen LogP contribution in [0.5, 0.6) is 0 Å². The van der Waals surface area contributed by atoms with Gasteiger partial charge in [0.2, 0.25) is 0 Å². The van der Waals surface area contributed by atoms with E-state index in [9.17, 15) is 4.79 Å². The second-order valence-corrected chi connectivity index (χ2v) is 6.13. The fourth-order valence-electron chi connectivity index (χ4n) is 2.33. The first-order valence-electron chi connectivity index (χ1n) is 7.81. The Balaban J connectivity index is 1.71. The van der Waals surface area contributed by atoms with Crippen molar-refractivity contribution in [3.63, 3.8) is 0 Å². The minimum atomic E-state index is -0.333. The van der Waals surface area contributed by atoms with Gasteiger partial charge in [-0.05, 0) is 48.7 Å². The molecule has 3 rings (SSSR count). The van der Waals surface area contributed by atoms with E-state index < -0.39 is 0 Å². The molecule has 0 aliphatic heterocycles. The van der Waals surface area contributed by atoms with Crippen LogP contribution in [0.25, 0.3) is 0 Å². The molecule has 7 heteroatoms. The lowest BCUT2D eigenvalue weighted by atomic mass is 10.1. The van der Waals surface area contributed by atoms with E-state index in [0.717, 1.165) is 16.8 Å². The van der Waals surface area contributed by atoms with Crippen molar-refractivity contribution in [3.8, 4) is 0 Å². The fraction of sp³-hybridized carbons (Fsp3) is 0.167. The summed E-state index contributed by atoms with van der Waals surface area (Å²) in [4.78, 5) is 12.4. The third-order valence-electron chi connectivity index (χ3n) is 3.93. The summed E-state index contributed by atoms with van der Waals surface area (Å²) in [6.07, 6.45) is 0. The van der Waals surface area contributed by atoms with E-state index in [1.165, 1.54) is 5.56 Å². The number of nitrogens with one attached hydrogen (secondary N) is 3. The summed E-state index contributed by atoms with van der Waals surface area (Å²) >= 11 is 6.10. The highest BCUT2D eigenvalue weighted by Gasteiger charge is 2.17. The number of carbonyl (C=O) groups excluding carboxylic acids is 1. The quantitative estimate of drug-likeness (QED) is 0.651. The van der Waals surface area contributed by atoms with Crippen molar-refractivity contribution in [2.45, 2.75) is 20.4 Å². The summed E-state index contributed by atoms with van der Waals surface area (Å²) in [6.45, 7) is 4.39. The number of aromatic nitrogens is 3. The summed E-state index contributed by atoms with van der Waals surface area (Å²) in [7, 11) is 0. The number of nitrogens with zero attached hydrogens (tertiary/aromatic N) is 2. The highest BCUT2D eigenvalue weighted by Crippen LogP contribution is 2.20. The molecule has 1 heterocycles. The molecule has 0 radical (unpaired) electrons. The number of anilines is 2. The molecule has 3 aromatic rings. The maximum atomic E-state index is 12.4. The van der Waals surface area contributed by atoms with Gasteiger partial charge in [-0.25, -0.2) is 0 Å². The number of aromatic amines is 1. The summed E-state index contributed by atoms with van der Waals surface area (Å²) in [5, 5.41) is 17.0. The van der Waals surface area contributed by atoms with Gasteiger partial charge in [0.15, 0.2) is 11.5 Å². The van der Waals surface area contributed by atoms with Gasteiger partial charge < -0.3 is 10.6 Å². The van der Waals surface area contributed by atoms with Crippen LogP contribution in [0.1, 0.15) is 27.2 Å². The Kier molecular flexibility index (Phi) is 5.00. The van der Waals surface area contributed by atoms with Crippen molar-refractivity contribution in [3.05, 3.63) is 69.9 Å². The molecule has 25 heavy (non-hydrogen) atoms. The van der Waals surface area contributed by atoms with Crippen molar-refractivity contribution in [2.24, 2.45) is 0 Å². The molecule has 0 unspecified atom stereocenters. The minimum absolute atomic E-state index is 0.199. The zero-order valence-electron chi connectivity index (χ0n) is 13.9. The molecule has 0 aliphatic carbocycles. The van der Waals surface area contributed by atoms with Crippen LogP contribution < -0.4 is 10.6 Å². The van der Waals surface area contributed by atoms with Crippen LogP contribution in [0.3, 0.4) is 0 Å². The van der Waals surface area contributed by atoms with E-state index in [1.807, 2.05) is 50.2 Å². The first kappa shape index (κ1) is 17.0. The van der Waals surface area contributed by atoms with Crippen molar-refractivity contribution in [2.75, 3.05) is 5.32 Å². The molecule has 2 aromatic carbocycles. The van der Waals surface area contributed by atoms with Crippen molar-refractivity contribution in [1.82, 2.24) is 20.7 Å². The largest absolute Gasteiger partial charge is 0.346 e. The lowest BCUT2D eigenvalue weighted by molar-refractivity contribution is 0.0946. The minimum Gasteiger partial charge on any atom is -0.346 e. The van der Waals surface area contributed by atoms with Gasteiger partial charge in [-0.3, -0.25) is 4.79 Å². The number of carbonyl (C=O) groups is 1. The summed E-state index contributed by atoms with van der Waals surface area (Å²) < 4.78 is 0. The Morgan fingerprint density at radius 3 is 2.68 bits per heavy atom. The first-order chi connectivity index (χ1) is 12.0. The predicted octanol–water partition coefficient (Wildman–Crippen LogP) is 3.75. The third-order valence-corrected chi connectivity index (χ3v) is 4.30. The summed E-state index contributed by atoms with van der Waals surface area (Å²) in [5.41, 5.74) is 4.23. The van der Waals surface area contributed by atoms with Crippen LogP contribution in [0.15, 0.2) is 42.5 Å². The van der Waals surface area contributed by atoms with E-state index in [2.05, 4.69) is 26.0 Å². The predicted molar refractivity (Wildman–Crippen MR) is 98.2 cm³/mol. The van der Waals surface area contributed by atoms with Gasteiger partial charge in [0, 0.05) is 17.3 Å². The highest BCUT2D eigenvalue weighted by atomic mass is 35.5. The van der Waals surface area contributed by atoms with E-state index in [4.69, 9.17) is 11.6 Å². The van der Waals surface area contributed by atoms with Gasteiger partial charge in [0.25, 0.3) is 5.91 Å². The van der Waals surface area contributed by atoms with E-state index in [-0.39, 0.29) is 11.6 Å². The normalized spacial score (nSPS) is 10.5. The number of amides is 1. The maximum absolute atomic E-state index is 12.4. The monoisotopic (exact) mass is 355 g/mol. The van der Waals surface area contributed by atoms with Crippen LogP contribution in [0, 0.1) is 13.8 Å². The second kappa shape index (κ2) is 7.36. The summed E-state index contributed by atoms with van der Waals surface area (Å²) in [6, 6.07) is 13.3. The molecule has 1 aromatic heterocycles. The molecule has 6 nitrogen and oxygen atoms in total. The smallest absolute Gasteiger partial charge is 0.275 e. The second-order valence-electron chi connectivity index (χ2n) is 5.72. The number of benzene rings is 2. The number of aryl methyl sites for hydroxylation is 2. The van der Waals surface area contributed by atoms with Gasteiger partial charge in [0.1, 0.15) is 0 Å². The van der Waals surface area contributed by atoms with Crippen molar-refractivity contribution < 1.29 is 4.79 Å². The number of hydrogen-bond acceptors (Lipinski definition) is 4. The summed E-state index contributed by atoms with van der Waals surface area (Å²) in [5.74, 6) is 0.0416. The van der Waals surface area contributed by atoms with Crippen LogP contribution in [-0.4, -0.2) is 21.3 Å². The zero-order valence-corrected chi connectivity index (χ0v) is 14.7. The van der Waals surface area contributed by atoms with Crippen LogP contribution in [0.2, 0.25) is 5.02 Å². The third kappa shape index (κ3) is 3.97. The Morgan fingerprint density at radius 2 is 1.92 bits per heavy atom. The zero-order chi connectivity index (χ0) is 17.8. The molecule has 0 atom stereocenters. The van der Waals surface area contributed by atoms with E-state index in [0.29, 0.717) is 17.4 Å². The molecule has 0 saturated carbocycles. The SMILES string of the molecule is Cc1ccc(Nc2n[nH]nc2C(=O)NCc2ccccc2Cl)cc1C. The Hall–Kier alpha value is -2.86. The molecule has 0 fully saturated rings. The molecule has 0 saturated heterocycles. The van der Waals surface area contributed by atoms with E-state index >= 15 is 0 Å². The number of H-pyrrole nitrogens is 1.